The summed E-state index contributed by atoms with van der Waals surface area (Å²) < 4.78 is 7.46. The normalized spacial score (nSPS) is 13.3. The molecule has 126 valence electrons. The fraction of sp³-hybridized carbons (Fsp3) is 0.571. The number of imidazole rings is 1. The molecular weight excluding hydrogens is 300 g/mol. The molecule has 0 unspecified atom stereocenters. The number of hydrogen-bond donors (Lipinski definition) is 2. The number of aliphatic imine (C=N–C) groups is 1. The number of nitrogens with zero attached hydrogens (tertiary/aromatic N) is 6. The SMILES string of the molecule is CC[C@@H](OC(CO)CO)n1cnc2c(N=CN(C)C)ncnc21. The van der Waals surface area contributed by atoms with Crippen LogP contribution in [0.15, 0.2) is 17.6 Å². The molecule has 9 nitrogen and oxygen atoms in total. The largest absolute Gasteiger partial charge is 0.394 e. The number of hydrogen-bond acceptors (Lipinski definition) is 7. The third-order valence-corrected chi connectivity index (χ3v) is 3.17. The van der Waals surface area contributed by atoms with Gasteiger partial charge in [0.15, 0.2) is 17.0 Å². The second-order valence-electron chi connectivity index (χ2n) is 5.22. The highest BCUT2D eigenvalue weighted by Gasteiger charge is 2.19. The lowest BCUT2D eigenvalue weighted by Gasteiger charge is -2.22. The Labute approximate surface area is 134 Å². The first-order valence-electron chi connectivity index (χ1n) is 7.36. The van der Waals surface area contributed by atoms with Gasteiger partial charge in [-0.1, -0.05) is 6.92 Å². The summed E-state index contributed by atoms with van der Waals surface area (Å²) in [5.74, 6) is 0.471. The van der Waals surface area contributed by atoms with Crippen molar-refractivity contribution in [2.45, 2.75) is 25.7 Å². The second-order valence-corrected chi connectivity index (χ2v) is 5.22. The van der Waals surface area contributed by atoms with Gasteiger partial charge in [-0.15, -0.1) is 0 Å². The molecule has 0 saturated carbocycles. The van der Waals surface area contributed by atoms with Gasteiger partial charge in [-0.25, -0.2) is 19.9 Å². The Kier molecular flexibility index (Phi) is 5.97. The molecule has 0 radical (unpaired) electrons. The van der Waals surface area contributed by atoms with Crippen LogP contribution in [0.3, 0.4) is 0 Å². The summed E-state index contributed by atoms with van der Waals surface area (Å²) in [5.41, 5.74) is 1.16. The average Bonchev–Trinajstić information content (AvgIpc) is 2.98. The van der Waals surface area contributed by atoms with Crippen LogP contribution in [0.2, 0.25) is 0 Å². The van der Waals surface area contributed by atoms with Gasteiger partial charge >= 0.3 is 0 Å². The quantitative estimate of drug-likeness (QED) is 0.532. The van der Waals surface area contributed by atoms with E-state index in [1.165, 1.54) is 6.33 Å². The molecule has 0 bridgehead atoms. The maximum atomic E-state index is 9.19. The Morgan fingerprint density at radius 3 is 2.65 bits per heavy atom. The zero-order valence-electron chi connectivity index (χ0n) is 13.5. The van der Waals surface area contributed by atoms with Crippen LogP contribution >= 0.6 is 0 Å². The molecule has 0 aromatic carbocycles. The summed E-state index contributed by atoms with van der Waals surface area (Å²) in [7, 11) is 3.73. The zero-order chi connectivity index (χ0) is 16.8. The van der Waals surface area contributed by atoms with Crippen molar-refractivity contribution in [2.24, 2.45) is 4.99 Å². The summed E-state index contributed by atoms with van der Waals surface area (Å²) in [5, 5.41) is 18.4. The number of aliphatic hydroxyl groups excluding tert-OH is 2. The minimum Gasteiger partial charge on any atom is -0.394 e. The van der Waals surface area contributed by atoms with Crippen molar-refractivity contribution >= 4 is 23.3 Å². The molecule has 2 heterocycles. The summed E-state index contributed by atoms with van der Waals surface area (Å²) in [6, 6.07) is 0. The van der Waals surface area contributed by atoms with Crippen molar-refractivity contribution in [3.05, 3.63) is 12.7 Å². The predicted octanol–water partition coefficient (Wildman–Crippen LogP) is 0.326. The third kappa shape index (κ3) is 4.01. The van der Waals surface area contributed by atoms with Crippen molar-refractivity contribution in [1.82, 2.24) is 24.4 Å². The third-order valence-electron chi connectivity index (χ3n) is 3.17. The number of aliphatic hydroxyl groups is 2. The van der Waals surface area contributed by atoms with E-state index in [-0.39, 0.29) is 13.2 Å². The van der Waals surface area contributed by atoms with E-state index in [9.17, 15) is 10.2 Å². The molecule has 0 fully saturated rings. The molecular formula is C14H22N6O3. The smallest absolute Gasteiger partial charge is 0.184 e. The van der Waals surface area contributed by atoms with E-state index in [4.69, 9.17) is 4.74 Å². The highest BCUT2D eigenvalue weighted by molar-refractivity contribution is 5.82. The molecule has 0 saturated heterocycles. The van der Waals surface area contributed by atoms with E-state index in [2.05, 4.69) is 19.9 Å². The molecule has 1 atom stereocenters. The van der Waals surface area contributed by atoms with Crippen LogP contribution in [0.25, 0.3) is 11.2 Å². The van der Waals surface area contributed by atoms with Crippen LogP contribution in [0.1, 0.15) is 19.6 Å². The lowest BCUT2D eigenvalue weighted by atomic mass is 10.3. The van der Waals surface area contributed by atoms with Crippen LogP contribution in [0.5, 0.6) is 0 Å². The van der Waals surface area contributed by atoms with Crippen LogP contribution < -0.4 is 0 Å². The van der Waals surface area contributed by atoms with E-state index >= 15 is 0 Å². The number of rotatable bonds is 8. The maximum absolute atomic E-state index is 9.19. The van der Waals surface area contributed by atoms with Crippen molar-refractivity contribution < 1.29 is 14.9 Å². The highest BCUT2D eigenvalue weighted by atomic mass is 16.5. The van der Waals surface area contributed by atoms with E-state index in [1.54, 1.807) is 22.1 Å². The average molecular weight is 322 g/mol. The van der Waals surface area contributed by atoms with Crippen LogP contribution in [0, 0.1) is 0 Å². The Morgan fingerprint density at radius 2 is 2.04 bits per heavy atom. The maximum Gasteiger partial charge on any atom is 0.184 e. The van der Waals surface area contributed by atoms with Gasteiger partial charge in [-0.3, -0.25) is 4.57 Å². The van der Waals surface area contributed by atoms with Crippen molar-refractivity contribution in [3.63, 3.8) is 0 Å². The summed E-state index contributed by atoms with van der Waals surface area (Å²) in [6.07, 6.45) is 4.25. The molecule has 0 spiro atoms. The summed E-state index contributed by atoms with van der Waals surface area (Å²) >= 11 is 0. The molecule has 2 rings (SSSR count). The minimum absolute atomic E-state index is 0.257. The zero-order valence-corrected chi connectivity index (χ0v) is 13.5. The van der Waals surface area contributed by atoms with Crippen molar-refractivity contribution in [2.75, 3.05) is 27.3 Å². The molecule has 2 aromatic heterocycles. The highest BCUT2D eigenvalue weighted by Crippen LogP contribution is 2.25. The monoisotopic (exact) mass is 322 g/mol. The van der Waals surface area contributed by atoms with Gasteiger partial charge in [0.1, 0.15) is 18.7 Å². The van der Waals surface area contributed by atoms with Crippen molar-refractivity contribution in [1.29, 1.82) is 0 Å². The molecule has 23 heavy (non-hydrogen) atoms. The lowest BCUT2D eigenvalue weighted by molar-refractivity contribution is -0.0935. The van der Waals surface area contributed by atoms with E-state index in [0.717, 1.165) is 0 Å². The first kappa shape index (κ1) is 17.3. The first-order valence-corrected chi connectivity index (χ1v) is 7.36. The Bertz CT molecular complexity index is 653. The van der Waals surface area contributed by atoms with E-state index in [0.29, 0.717) is 23.4 Å². The molecule has 9 heteroatoms. The van der Waals surface area contributed by atoms with Gasteiger partial charge in [0.05, 0.1) is 25.9 Å². The fourth-order valence-corrected chi connectivity index (χ4v) is 2.04. The summed E-state index contributed by atoms with van der Waals surface area (Å²) in [6.45, 7) is 1.43. The number of aromatic nitrogens is 4. The minimum atomic E-state index is -0.648. The Hall–Kier alpha value is -2.10. The molecule has 2 N–H and O–H groups in total. The Morgan fingerprint density at radius 1 is 1.30 bits per heavy atom. The van der Waals surface area contributed by atoms with Gasteiger partial charge in [-0.05, 0) is 6.42 Å². The molecule has 0 aliphatic rings. The molecule has 0 aliphatic carbocycles. The van der Waals surface area contributed by atoms with Crippen LogP contribution in [-0.2, 0) is 4.74 Å². The van der Waals surface area contributed by atoms with Gasteiger partial charge in [0, 0.05) is 14.1 Å². The fourth-order valence-electron chi connectivity index (χ4n) is 2.04. The van der Waals surface area contributed by atoms with Gasteiger partial charge in [-0.2, -0.15) is 0 Å². The van der Waals surface area contributed by atoms with Crippen molar-refractivity contribution in [3.8, 4) is 0 Å². The number of ether oxygens (including phenoxy) is 1. The summed E-state index contributed by atoms with van der Waals surface area (Å²) in [4.78, 5) is 18.8. The van der Waals surface area contributed by atoms with Gasteiger partial charge in [0.25, 0.3) is 0 Å². The van der Waals surface area contributed by atoms with E-state index < -0.39 is 12.3 Å². The van der Waals surface area contributed by atoms with Crippen LogP contribution in [-0.4, -0.2) is 74.4 Å². The van der Waals surface area contributed by atoms with Gasteiger partial charge in [0.2, 0.25) is 0 Å². The molecule has 2 aromatic rings. The Balaban J connectivity index is 2.36. The number of fused-ring (bicyclic) bond motifs is 1. The standard InChI is InChI=1S/C14H22N6O3/c1-4-11(23-10(5-21)6-22)20-9-17-12-13(18-8-19(2)3)15-7-16-14(12)20/h7-11,21-22H,4-6H2,1-3H3/t11-/m1/s1. The second kappa shape index (κ2) is 7.95. The lowest BCUT2D eigenvalue weighted by Crippen LogP contribution is -2.26. The van der Waals surface area contributed by atoms with E-state index in [1.807, 2.05) is 21.0 Å². The predicted molar refractivity (Wildman–Crippen MR) is 85.5 cm³/mol. The molecule has 0 aliphatic heterocycles. The van der Waals surface area contributed by atoms with Gasteiger partial charge < -0.3 is 19.8 Å². The molecule has 0 amide bonds. The topological polar surface area (TPSA) is 109 Å². The van der Waals surface area contributed by atoms with Crippen LogP contribution in [0.4, 0.5) is 5.82 Å². The first-order chi connectivity index (χ1) is 11.1.